The zero-order chi connectivity index (χ0) is 14.0. The van der Waals surface area contributed by atoms with Gasteiger partial charge in [-0.2, -0.15) is 0 Å². The summed E-state index contributed by atoms with van der Waals surface area (Å²) >= 11 is 9.15. The SMILES string of the molecule is Cc1cc(Br)cc(NC(C)c2ccc(Cl)c(F)c2)c1. The van der Waals surface area contributed by atoms with Crippen molar-refractivity contribution in [2.45, 2.75) is 19.9 Å². The van der Waals surface area contributed by atoms with Gasteiger partial charge in [-0.25, -0.2) is 4.39 Å². The van der Waals surface area contributed by atoms with Crippen molar-refractivity contribution >= 4 is 33.2 Å². The van der Waals surface area contributed by atoms with Crippen molar-refractivity contribution in [3.05, 3.63) is 62.8 Å². The minimum Gasteiger partial charge on any atom is -0.378 e. The highest BCUT2D eigenvalue weighted by atomic mass is 79.9. The number of rotatable bonds is 3. The van der Waals surface area contributed by atoms with Gasteiger partial charge in [-0.3, -0.25) is 0 Å². The second kappa shape index (κ2) is 5.93. The number of halogens is 3. The Morgan fingerprint density at radius 1 is 1.21 bits per heavy atom. The van der Waals surface area contributed by atoms with E-state index in [9.17, 15) is 4.39 Å². The Hall–Kier alpha value is -1.06. The Kier molecular flexibility index (Phi) is 4.48. The third kappa shape index (κ3) is 3.71. The lowest BCUT2D eigenvalue weighted by atomic mass is 10.1. The molecule has 1 unspecified atom stereocenters. The topological polar surface area (TPSA) is 12.0 Å². The van der Waals surface area contributed by atoms with Crippen molar-refractivity contribution in [3.8, 4) is 0 Å². The van der Waals surface area contributed by atoms with Crippen LogP contribution in [0, 0.1) is 12.7 Å². The maximum atomic E-state index is 13.4. The first-order valence-corrected chi connectivity index (χ1v) is 7.11. The van der Waals surface area contributed by atoms with E-state index in [-0.39, 0.29) is 11.1 Å². The molecule has 2 rings (SSSR count). The van der Waals surface area contributed by atoms with Crippen LogP contribution >= 0.6 is 27.5 Å². The molecule has 0 amide bonds. The Bertz CT molecular complexity index is 580. The van der Waals surface area contributed by atoms with Gasteiger partial charge in [-0.15, -0.1) is 0 Å². The van der Waals surface area contributed by atoms with Crippen molar-refractivity contribution in [3.63, 3.8) is 0 Å². The van der Waals surface area contributed by atoms with E-state index in [2.05, 4.69) is 21.2 Å². The Morgan fingerprint density at radius 3 is 2.58 bits per heavy atom. The maximum absolute atomic E-state index is 13.4. The van der Waals surface area contributed by atoms with Crippen molar-refractivity contribution in [2.75, 3.05) is 5.32 Å². The van der Waals surface area contributed by atoms with E-state index in [1.807, 2.05) is 38.1 Å². The molecule has 0 saturated carbocycles. The highest BCUT2D eigenvalue weighted by Crippen LogP contribution is 2.25. The monoisotopic (exact) mass is 341 g/mol. The van der Waals surface area contributed by atoms with Crippen LogP contribution in [0.15, 0.2) is 40.9 Å². The van der Waals surface area contributed by atoms with Gasteiger partial charge in [0.05, 0.1) is 5.02 Å². The largest absolute Gasteiger partial charge is 0.378 e. The average Bonchev–Trinajstić information content (AvgIpc) is 2.31. The molecule has 100 valence electrons. The quantitative estimate of drug-likeness (QED) is 0.752. The first kappa shape index (κ1) is 14.4. The van der Waals surface area contributed by atoms with E-state index in [1.165, 1.54) is 6.07 Å². The molecule has 4 heteroatoms. The molecule has 0 saturated heterocycles. The molecule has 0 fully saturated rings. The molecule has 0 spiro atoms. The van der Waals surface area contributed by atoms with Gasteiger partial charge in [0, 0.05) is 16.2 Å². The van der Waals surface area contributed by atoms with Gasteiger partial charge in [-0.05, 0) is 55.3 Å². The lowest BCUT2D eigenvalue weighted by Gasteiger charge is -2.17. The summed E-state index contributed by atoms with van der Waals surface area (Å²) in [5, 5.41) is 3.49. The third-order valence-electron chi connectivity index (χ3n) is 2.87. The second-order valence-electron chi connectivity index (χ2n) is 4.56. The van der Waals surface area contributed by atoms with Crippen LogP contribution in [0.25, 0.3) is 0 Å². The predicted octanol–water partition coefficient (Wildman–Crippen LogP) is 5.72. The van der Waals surface area contributed by atoms with Crippen LogP contribution in [-0.2, 0) is 0 Å². The van der Waals surface area contributed by atoms with Crippen LogP contribution in [0.2, 0.25) is 5.02 Å². The second-order valence-corrected chi connectivity index (χ2v) is 5.88. The van der Waals surface area contributed by atoms with E-state index in [1.54, 1.807) is 6.07 Å². The summed E-state index contributed by atoms with van der Waals surface area (Å²) in [6, 6.07) is 11.0. The Balaban J connectivity index is 2.20. The molecule has 19 heavy (non-hydrogen) atoms. The van der Waals surface area contributed by atoms with E-state index in [0.29, 0.717) is 0 Å². The minimum atomic E-state index is -0.391. The molecule has 1 atom stereocenters. The standard InChI is InChI=1S/C15H14BrClFN/c1-9-5-12(16)8-13(6-9)19-10(2)11-3-4-14(17)15(18)7-11/h3-8,10,19H,1-2H3. The van der Waals surface area contributed by atoms with Gasteiger partial charge in [0.15, 0.2) is 0 Å². The number of hydrogen-bond acceptors (Lipinski definition) is 1. The summed E-state index contributed by atoms with van der Waals surface area (Å²) in [7, 11) is 0. The predicted molar refractivity (Wildman–Crippen MR) is 82.3 cm³/mol. The van der Waals surface area contributed by atoms with Gasteiger partial charge in [0.2, 0.25) is 0 Å². The highest BCUT2D eigenvalue weighted by molar-refractivity contribution is 9.10. The summed E-state index contributed by atoms with van der Waals surface area (Å²) in [4.78, 5) is 0. The van der Waals surface area contributed by atoms with E-state index in [0.717, 1.165) is 21.3 Å². The Labute approximate surface area is 125 Å². The molecule has 0 aliphatic carbocycles. The highest BCUT2D eigenvalue weighted by Gasteiger charge is 2.09. The normalized spacial score (nSPS) is 12.3. The summed E-state index contributed by atoms with van der Waals surface area (Å²) in [6.45, 7) is 4.02. The molecule has 1 nitrogen and oxygen atoms in total. The number of anilines is 1. The fraction of sp³-hybridized carbons (Fsp3) is 0.200. The molecule has 0 aromatic heterocycles. The molecule has 0 aliphatic rings. The van der Waals surface area contributed by atoms with Crippen LogP contribution in [0.4, 0.5) is 10.1 Å². The molecule has 2 aromatic carbocycles. The molecule has 0 bridgehead atoms. The minimum absolute atomic E-state index is 0.000432. The number of hydrogen-bond donors (Lipinski definition) is 1. The zero-order valence-corrected chi connectivity index (χ0v) is 13.0. The summed E-state index contributed by atoms with van der Waals surface area (Å²) < 4.78 is 14.5. The van der Waals surface area contributed by atoms with Gasteiger partial charge < -0.3 is 5.32 Å². The van der Waals surface area contributed by atoms with Crippen LogP contribution in [-0.4, -0.2) is 0 Å². The summed E-state index contributed by atoms with van der Waals surface area (Å²) in [5.41, 5.74) is 3.01. The van der Waals surface area contributed by atoms with E-state index >= 15 is 0 Å². The van der Waals surface area contributed by atoms with Crippen LogP contribution in [0.3, 0.4) is 0 Å². The molecular weight excluding hydrogens is 329 g/mol. The van der Waals surface area contributed by atoms with Crippen molar-refractivity contribution in [1.29, 1.82) is 0 Å². The number of aryl methyl sites for hydroxylation is 1. The van der Waals surface area contributed by atoms with Gasteiger partial charge >= 0.3 is 0 Å². The number of nitrogens with one attached hydrogen (secondary N) is 1. The molecule has 2 aromatic rings. The lowest BCUT2D eigenvalue weighted by molar-refractivity contribution is 0.624. The van der Waals surface area contributed by atoms with Crippen LogP contribution in [0.5, 0.6) is 0 Å². The molecule has 0 aliphatic heterocycles. The molecule has 0 heterocycles. The van der Waals surface area contributed by atoms with Crippen molar-refractivity contribution < 1.29 is 4.39 Å². The first-order chi connectivity index (χ1) is 8.95. The van der Waals surface area contributed by atoms with Gasteiger partial charge in [0.1, 0.15) is 5.82 Å². The van der Waals surface area contributed by atoms with Crippen molar-refractivity contribution in [2.24, 2.45) is 0 Å². The van der Waals surface area contributed by atoms with Crippen LogP contribution < -0.4 is 5.32 Å². The average molecular weight is 343 g/mol. The maximum Gasteiger partial charge on any atom is 0.142 e. The first-order valence-electron chi connectivity index (χ1n) is 5.94. The lowest BCUT2D eigenvalue weighted by Crippen LogP contribution is -2.07. The molecule has 1 N–H and O–H groups in total. The van der Waals surface area contributed by atoms with E-state index < -0.39 is 5.82 Å². The summed E-state index contributed by atoms with van der Waals surface area (Å²) in [6.07, 6.45) is 0. The van der Waals surface area contributed by atoms with Crippen molar-refractivity contribution in [1.82, 2.24) is 0 Å². The van der Waals surface area contributed by atoms with Gasteiger partial charge in [0.25, 0.3) is 0 Å². The zero-order valence-electron chi connectivity index (χ0n) is 10.7. The fourth-order valence-electron chi connectivity index (χ4n) is 1.93. The fourth-order valence-corrected chi connectivity index (χ4v) is 2.66. The van der Waals surface area contributed by atoms with Crippen LogP contribution in [0.1, 0.15) is 24.1 Å². The number of benzene rings is 2. The Morgan fingerprint density at radius 2 is 1.95 bits per heavy atom. The van der Waals surface area contributed by atoms with E-state index in [4.69, 9.17) is 11.6 Å². The third-order valence-corrected chi connectivity index (χ3v) is 3.63. The molecular formula is C15H14BrClFN. The van der Waals surface area contributed by atoms with Gasteiger partial charge in [-0.1, -0.05) is 33.6 Å². The molecule has 0 radical (unpaired) electrons. The summed E-state index contributed by atoms with van der Waals surface area (Å²) in [5.74, 6) is -0.391. The smallest absolute Gasteiger partial charge is 0.142 e.